The van der Waals surface area contributed by atoms with Gasteiger partial charge in [0.05, 0.1) is 6.04 Å². The topological polar surface area (TPSA) is 26.0 Å². The molecule has 2 rings (SSSR count). The molecule has 0 unspecified atom stereocenters. The second-order valence-electron chi connectivity index (χ2n) is 2.98. The molecule has 0 aliphatic carbocycles. The lowest BCUT2D eigenvalue weighted by molar-refractivity contribution is 0.899. The summed E-state index contributed by atoms with van der Waals surface area (Å²) in [7, 11) is 0. The average molecular weight is 209 g/mol. The van der Waals surface area contributed by atoms with E-state index >= 15 is 0 Å². The van der Waals surface area contributed by atoms with Gasteiger partial charge in [-0.3, -0.25) is 0 Å². The number of rotatable bonds is 2. The minimum absolute atomic E-state index is 0.0601. The van der Waals surface area contributed by atoms with Crippen molar-refractivity contribution < 1.29 is 0 Å². The van der Waals surface area contributed by atoms with E-state index in [9.17, 15) is 0 Å². The van der Waals surface area contributed by atoms with Gasteiger partial charge < -0.3 is 5.73 Å². The van der Waals surface area contributed by atoms with Crippen molar-refractivity contribution in [1.82, 2.24) is 0 Å². The van der Waals surface area contributed by atoms with E-state index in [1.807, 2.05) is 0 Å². The molecule has 0 aliphatic heterocycles. The Morgan fingerprint density at radius 2 is 2.15 bits per heavy atom. The Labute approximate surface area is 85.8 Å². The lowest BCUT2D eigenvalue weighted by atomic mass is 10.1. The van der Waals surface area contributed by atoms with Crippen LogP contribution in [0.4, 0.5) is 0 Å². The van der Waals surface area contributed by atoms with Crippen molar-refractivity contribution >= 4 is 22.7 Å². The van der Waals surface area contributed by atoms with E-state index in [0.29, 0.717) is 0 Å². The van der Waals surface area contributed by atoms with Crippen molar-refractivity contribution in [1.29, 1.82) is 0 Å². The normalized spacial score (nSPS) is 13.1. The molecule has 1 nitrogen and oxygen atoms in total. The largest absolute Gasteiger partial charge is 0.320 e. The third-order valence-electron chi connectivity index (χ3n) is 1.97. The first-order valence-corrected chi connectivity index (χ1v) is 5.87. The van der Waals surface area contributed by atoms with Crippen LogP contribution in [0, 0.1) is 6.92 Å². The second kappa shape index (κ2) is 3.62. The van der Waals surface area contributed by atoms with Crippen molar-refractivity contribution in [2.24, 2.45) is 5.73 Å². The molecule has 0 aliphatic rings. The molecule has 3 heteroatoms. The van der Waals surface area contributed by atoms with E-state index in [1.165, 1.54) is 15.3 Å². The van der Waals surface area contributed by atoms with E-state index < -0.39 is 0 Å². The SMILES string of the molecule is Cc1ccc([C@@H](N)c2ccsc2)s1. The van der Waals surface area contributed by atoms with Crippen LogP contribution in [0.25, 0.3) is 0 Å². The fraction of sp³-hybridized carbons (Fsp3) is 0.200. The standard InChI is InChI=1S/C10H11NS2/c1-7-2-3-9(13-7)10(11)8-4-5-12-6-8/h2-6,10H,11H2,1H3/t10-/m0/s1. The van der Waals surface area contributed by atoms with Crippen LogP contribution in [0.1, 0.15) is 21.4 Å². The van der Waals surface area contributed by atoms with Crippen molar-refractivity contribution in [3.8, 4) is 0 Å². The molecule has 0 spiro atoms. The average Bonchev–Trinajstić information content (AvgIpc) is 2.72. The molecule has 0 bridgehead atoms. The van der Waals surface area contributed by atoms with E-state index in [-0.39, 0.29) is 6.04 Å². The van der Waals surface area contributed by atoms with Crippen LogP contribution in [-0.4, -0.2) is 0 Å². The van der Waals surface area contributed by atoms with Gasteiger partial charge in [-0.1, -0.05) is 0 Å². The third kappa shape index (κ3) is 1.82. The zero-order valence-electron chi connectivity index (χ0n) is 7.36. The minimum Gasteiger partial charge on any atom is -0.320 e. The third-order valence-corrected chi connectivity index (χ3v) is 3.76. The van der Waals surface area contributed by atoms with Crippen molar-refractivity contribution in [3.05, 3.63) is 44.3 Å². The van der Waals surface area contributed by atoms with Crippen LogP contribution in [-0.2, 0) is 0 Å². The molecule has 2 heterocycles. The van der Waals surface area contributed by atoms with Gasteiger partial charge in [-0.05, 0) is 41.4 Å². The van der Waals surface area contributed by atoms with Gasteiger partial charge in [0.15, 0.2) is 0 Å². The quantitative estimate of drug-likeness (QED) is 0.807. The highest BCUT2D eigenvalue weighted by atomic mass is 32.1. The number of hydrogen-bond acceptors (Lipinski definition) is 3. The first kappa shape index (κ1) is 8.94. The van der Waals surface area contributed by atoms with Gasteiger partial charge in [0.25, 0.3) is 0 Å². The molecule has 2 aromatic rings. The van der Waals surface area contributed by atoms with Crippen LogP contribution in [0.5, 0.6) is 0 Å². The molecule has 0 fully saturated rings. The molecule has 0 saturated carbocycles. The Kier molecular flexibility index (Phi) is 2.49. The maximum absolute atomic E-state index is 6.09. The Morgan fingerprint density at radius 1 is 1.31 bits per heavy atom. The zero-order valence-corrected chi connectivity index (χ0v) is 8.99. The number of aryl methyl sites for hydroxylation is 1. The number of nitrogens with two attached hydrogens (primary N) is 1. The summed E-state index contributed by atoms with van der Waals surface area (Å²) in [6.07, 6.45) is 0. The predicted molar refractivity (Wildman–Crippen MR) is 59.4 cm³/mol. The van der Waals surface area contributed by atoms with Crippen molar-refractivity contribution in [2.45, 2.75) is 13.0 Å². The fourth-order valence-electron chi connectivity index (χ4n) is 1.24. The highest BCUT2D eigenvalue weighted by Crippen LogP contribution is 2.27. The first-order valence-electron chi connectivity index (χ1n) is 4.11. The Morgan fingerprint density at radius 3 is 2.69 bits per heavy atom. The summed E-state index contributed by atoms with van der Waals surface area (Å²) in [4.78, 5) is 2.57. The molecule has 2 N–H and O–H groups in total. The Balaban J connectivity index is 2.28. The molecule has 1 atom stereocenters. The molecule has 2 aromatic heterocycles. The zero-order chi connectivity index (χ0) is 9.26. The minimum atomic E-state index is 0.0601. The first-order chi connectivity index (χ1) is 6.27. The predicted octanol–water partition coefficient (Wildman–Crippen LogP) is 3.17. The maximum atomic E-state index is 6.09. The van der Waals surface area contributed by atoms with Crippen LogP contribution >= 0.6 is 22.7 Å². The molecular formula is C10H11NS2. The van der Waals surface area contributed by atoms with Gasteiger partial charge in [0, 0.05) is 9.75 Å². The van der Waals surface area contributed by atoms with Gasteiger partial charge >= 0.3 is 0 Å². The summed E-state index contributed by atoms with van der Waals surface area (Å²) >= 11 is 3.47. The van der Waals surface area contributed by atoms with Crippen LogP contribution < -0.4 is 5.73 Å². The van der Waals surface area contributed by atoms with Crippen molar-refractivity contribution in [3.63, 3.8) is 0 Å². The van der Waals surface area contributed by atoms with Gasteiger partial charge in [-0.15, -0.1) is 11.3 Å². The summed E-state index contributed by atoms with van der Waals surface area (Å²) in [6, 6.07) is 6.38. The van der Waals surface area contributed by atoms with Gasteiger partial charge in [0.2, 0.25) is 0 Å². The summed E-state index contributed by atoms with van der Waals surface area (Å²) in [6.45, 7) is 2.11. The summed E-state index contributed by atoms with van der Waals surface area (Å²) in [5.74, 6) is 0. The van der Waals surface area contributed by atoms with Crippen LogP contribution in [0.15, 0.2) is 29.0 Å². The van der Waals surface area contributed by atoms with Gasteiger partial charge in [-0.25, -0.2) is 0 Å². The lowest BCUT2D eigenvalue weighted by Gasteiger charge is -2.05. The molecule has 0 aromatic carbocycles. The number of thiophene rings is 2. The summed E-state index contributed by atoms with van der Waals surface area (Å²) in [5, 5.41) is 4.18. The maximum Gasteiger partial charge on any atom is 0.0654 e. The smallest absolute Gasteiger partial charge is 0.0654 e. The molecule has 0 radical (unpaired) electrons. The molecule has 0 saturated heterocycles. The second-order valence-corrected chi connectivity index (χ2v) is 5.08. The van der Waals surface area contributed by atoms with Gasteiger partial charge in [0.1, 0.15) is 0 Å². The highest BCUT2D eigenvalue weighted by molar-refractivity contribution is 7.12. The van der Waals surface area contributed by atoms with E-state index in [2.05, 4.69) is 35.9 Å². The van der Waals surface area contributed by atoms with Gasteiger partial charge in [-0.2, -0.15) is 11.3 Å². The van der Waals surface area contributed by atoms with Crippen LogP contribution in [0.2, 0.25) is 0 Å². The van der Waals surface area contributed by atoms with E-state index in [1.54, 1.807) is 22.7 Å². The fourth-order valence-corrected chi connectivity index (χ4v) is 2.84. The lowest BCUT2D eigenvalue weighted by Crippen LogP contribution is -2.08. The Hall–Kier alpha value is -0.640. The van der Waals surface area contributed by atoms with Crippen molar-refractivity contribution in [2.75, 3.05) is 0 Å². The molecule has 0 amide bonds. The van der Waals surface area contributed by atoms with Crippen LogP contribution in [0.3, 0.4) is 0 Å². The molecule has 13 heavy (non-hydrogen) atoms. The summed E-state index contributed by atoms with van der Waals surface area (Å²) in [5.41, 5.74) is 7.31. The summed E-state index contributed by atoms with van der Waals surface area (Å²) < 4.78 is 0. The van der Waals surface area contributed by atoms with E-state index in [0.717, 1.165) is 0 Å². The van der Waals surface area contributed by atoms with E-state index in [4.69, 9.17) is 5.73 Å². The number of hydrogen-bond donors (Lipinski definition) is 1. The molecule has 68 valence electrons. The molecular weight excluding hydrogens is 198 g/mol. The Bertz CT molecular complexity index is 375. The monoisotopic (exact) mass is 209 g/mol. The highest BCUT2D eigenvalue weighted by Gasteiger charge is 2.10.